The summed E-state index contributed by atoms with van der Waals surface area (Å²) >= 11 is 1.52. The smallest absolute Gasteiger partial charge is 0.259 e. The van der Waals surface area contributed by atoms with E-state index in [4.69, 9.17) is 0 Å². The number of hydrogen-bond acceptors (Lipinski definition) is 4. The predicted octanol–water partition coefficient (Wildman–Crippen LogP) is 3.85. The SMILES string of the molecule is Cc1c(C(=O)Nc2sc3c(c2C#N)CCC3)cnn1-c1ccccc1. The third-order valence-corrected chi connectivity index (χ3v) is 5.72. The molecule has 0 bridgehead atoms. The molecule has 0 aliphatic heterocycles. The van der Waals surface area contributed by atoms with E-state index in [1.165, 1.54) is 16.2 Å². The maximum Gasteiger partial charge on any atom is 0.259 e. The molecule has 0 fully saturated rings. The monoisotopic (exact) mass is 348 g/mol. The largest absolute Gasteiger partial charge is 0.312 e. The Hall–Kier alpha value is -2.91. The van der Waals surface area contributed by atoms with Gasteiger partial charge in [-0.3, -0.25) is 4.79 Å². The van der Waals surface area contributed by atoms with Crippen LogP contribution in [-0.2, 0) is 12.8 Å². The van der Waals surface area contributed by atoms with Crippen LogP contribution in [0.2, 0.25) is 0 Å². The molecule has 0 spiro atoms. The molecular formula is C19H16N4OS. The fraction of sp³-hybridized carbons (Fsp3) is 0.211. The van der Waals surface area contributed by atoms with Gasteiger partial charge >= 0.3 is 0 Å². The minimum atomic E-state index is -0.226. The topological polar surface area (TPSA) is 70.7 Å². The summed E-state index contributed by atoms with van der Waals surface area (Å²) in [5.74, 6) is -0.226. The molecule has 5 nitrogen and oxygen atoms in total. The number of thiophene rings is 1. The molecule has 0 unspecified atom stereocenters. The molecule has 0 saturated carbocycles. The van der Waals surface area contributed by atoms with Gasteiger partial charge in [-0.15, -0.1) is 11.3 Å². The van der Waals surface area contributed by atoms with Gasteiger partial charge in [0.05, 0.1) is 28.7 Å². The highest BCUT2D eigenvalue weighted by molar-refractivity contribution is 7.16. The first-order valence-corrected chi connectivity index (χ1v) is 8.96. The summed E-state index contributed by atoms with van der Waals surface area (Å²) in [6.07, 6.45) is 4.59. The lowest BCUT2D eigenvalue weighted by molar-refractivity contribution is 0.102. The number of nitrogens with zero attached hydrogens (tertiary/aromatic N) is 3. The van der Waals surface area contributed by atoms with Crippen LogP contribution in [0.25, 0.3) is 5.69 Å². The zero-order chi connectivity index (χ0) is 17.4. The van der Waals surface area contributed by atoms with Crippen LogP contribution >= 0.6 is 11.3 Å². The van der Waals surface area contributed by atoms with E-state index < -0.39 is 0 Å². The summed E-state index contributed by atoms with van der Waals surface area (Å²) < 4.78 is 1.74. The van der Waals surface area contributed by atoms with Crippen LogP contribution in [0, 0.1) is 18.3 Å². The molecule has 25 heavy (non-hydrogen) atoms. The van der Waals surface area contributed by atoms with E-state index in [0.29, 0.717) is 16.1 Å². The number of rotatable bonds is 3. The van der Waals surface area contributed by atoms with Gasteiger partial charge in [0.25, 0.3) is 5.91 Å². The van der Waals surface area contributed by atoms with Crippen molar-refractivity contribution in [3.8, 4) is 11.8 Å². The number of benzene rings is 1. The van der Waals surface area contributed by atoms with Crippen LogP contribution in [0.3, 0.4) is 0 Å². The van der Waals surface area contributed by atoms with Gasteiger partial charge in [0, 0.05) is 4.88 Å². The van der Waals surface area contributed by atoms with Crippen molar-refractivity contribution in [1.29, 1.82) is 5.26 Å². The molecule has 6 heteroatoms. The Kier molecular flexibility index (Phi) is 3.86. The molecule has 0 saturated heterocycles. The van der Waals surface area contributed by atoms with Crippen molar-refractivity contribution in [3.63, 3.8) is 0 Å². The van der Waals surface area contributed by atoms with Gasteiger partial charge in [0.15, 0.2) is 0 Å². The fourth-order valence-corrected chi connectivity index (χ4v) is 4.48. The first-order valence-electron chi connectivity index (χ1n) is 8.15. The Morgan fingerprint density at radius 2 is 2.12 bits per heavy atom. The van der Waals surface area contributed by atoms with Crippen molar-refractivity contribution in [1.82, 2.24) is 9.78 Å². The molecule has 2 aromatic heterocycles. The van der Waals surface area contributed by atoms with Crippen molar-refractivity contribution < 1.29 is 4.79 Å². The molecule has 1 N–H and O–H groups in total. The van der Waals surface area contributed by atoms with Crippen molar-refractivity contribution in [2.75, 3.05) is 5.32 Å². The first kappa shape index (κ1) is 15.6. The van der Waals surface area contributed by atoms with Crippen LogP contribution in [0.15, 0.2) is 36.5 Å². The van der Waals surface area contributed by atoms with E-state index in [9.17, 15) is 10.1 Å². The Labute approximate surface area is 149 Å². The summed E-state index contributed by atoms with van der Waals surface area (Å²) in [5, 5.41) is 17.4. The lowest BCUT2D eigenvalue weighted by Crippen LogP contribution is -2.13. The quantitative estimate of drug-likeness (QED) is 0.781. The molecule has 4 rings (SSSR count). The lowest BCUT2D eigenvalue weighted by Gasteiger charge is -2.06. The Morgan fingerprint density at radius 3 is 2.88 bits per heavy atom. The van der Waals surface area contributed by atoms with E-state index >= 15 is 0 Å². The molecule has 1 aromatic carbocycles. The van der Waals surface area contributed by atoms with Crippen LogP contribution in [-0.4, -0.2) is 15.7 Å². The minimum Gasteiger partial charge on any atom is -0.312 e. The minimum absolute atomic E-state index is 0.226. The third-order valence-electron chi connectivity index (χ3n) is 4.52. The lowest BCUT2D eigenvalue weighted by atomic mass is 10.1. The Balaban J connectivity index is 1.63. The maximum absolute atomic E-state index is 12.7. The molecule has 1 amide bonds. The van der Waals surface area contributed by atoms with Crippen LogP contribution < -0.4 is 5.32 Å². The number of carbonyl (C=O) groups excluding carboxylic acids is 1. The second-order valence-electron chi connectivity index (χ2n) is 6.02. The van der Waals surface area contributed by atoms with Crippen molar-refractivity contribution in [2.45, 2.75) is 26.2 Å². The number of carbonyl (C=O) groups is 1. The van der Waals surface area contributed by atoms with Crippen LogP contribution in [0.5, 0.6) is 0 Å². The number of aryl methyl sites for hydroxylation is 1. The molecular weight excluding hydrogens is 332 g/mol. The Morgan fingerprint density at radius 1 is 1.32 bits per heavy atom. The fourth-order valence-electron chi connectivity index (χ4n) is 3.24. The van der Waals surface area contributed by atoms with Gasteiger partial charge in [-0.25, -0.2) is 4.68 Å². The normalized spacial score (nSPS) is 12.6. The van der Waals surface area contributed by atoms with Gasteiger partial charge in [0.1, 0.15) is 11.1 Å². The van der Waals surface area contributed by atoms with E-state index in [2.05, 4.69) is 16.5 Å². The summed E-state index contributed by atoms with van der Waals surface area (Å²) in [4.78, 5) is 13.9. The maximum atomic E-state index is 12.7. The summed E-state index contributed by atoms with van der Waals surface area (Å²) in [6, 6.07) is 11.9. The number of hydrogen-bond donors (Lipinski definition) is 1. The zero-order valence-corrected chi connectivity index (χ0v) is 14.6. The summed E-state index contributed by atoms with van der Waals surface area (Å²) in [5.41, 5.74) is 3.93. The number of amides is 1. The number of aromatic nitrogens is 2. The molecule has 3 aromatic rings. The van der Waals surface area contributed by atoms with Crippen molar-refractivity contribution in [2.24, 2.45) is 0 Å². The van der Waals surface area contributed by atoms with Gasteiger partial charge in [-0.05, 0) is 43.9 Å². The molecule has 1 aliphatic carbocycles. The van der Waals surface area contributed by atoms with Crippen LogP contribution in [0.4, 0.5) is 5.00 Å². The highest BCUT2D eigenvalue weighted by Crippen LogP contribution is 2.38. The van der Waals surface area contributed by atoms with Gasteiger partial charge in [-0.2, -0.15) is 10.4 Å². The van der Waals surface area contributed by atoms with Crippen molar-refractivity contribution in [3.05, 3.63) is 63.8 Å². The third kappa shape index (κ3) is 2.63. The van der Waals surface area contributed by atoms with E-state index in [1.54, 1.807) is 10.9 Å². The van der Waals surface area contributed by atoms with E-state index in [1.807, 2.05) is 37.3 Å². The van der Waals surface area contributed by atoms with Gasteiger partial charge in [0.2, 0.25) is 0 Å². The molecule has 124 valence electrons. The highest BCUT2D eigenvalue weighted by atomic mass is 32.1. The second kappa shape index (κ2) is 6.19. The average molecular weight is 348 g/mol. The number of anilines is 1. The zero-order valence-electron chi connectivity index (χ0n) is 13.7. The summed E-state index contributed by atoms with van der Waals surface area (Å²) in [6.45, 7) is 1.87. The average Bonchev–Trinajstić information content (AvgIpc) is 3.30. The number of nitriles is 1. The standard InChI is InChI=1S/C19H16N4OS/c1-12-16(11-21-23(12)13-6-3-2-4-7-13)18(24)22-19-15(10-20)14-8-5-9-17(14)25-19/h2-4,6-7,11H,5,8-9H2,1H3,(H,22,24). The molecule has 1 aliphatic rings. The van der Waals surface area contributed by atoms with Gasteiger partial charge in [-0.1, -0.05) is 18.2 Å². The number of para-hydroxylation sites is 1. The number of fused-ring (bicyclic) bond motifs is 1. The molecule has 0 atom stereocenters. The van der Waals surface area contributed by atoms with Crippen LogP contribution in [0.1, 0.15) is 38.5 Å². The predicted molar refractivity (Wildman–Crippen MR) is 97.3 cm³/mol. The summed E-state index contributed by atoms with van der Waals surface area (Å²) in [7, 11) is 0. The first-order chi connectivity index (χ1) is 12.2. The van der Waals surface area contributed by atoms with E-state index in [-0.39, 0.29) is 5.91 Å². The van der Waals surface area contributed by atoms with Gasteiger partial charge < -0.3 is 5.32 Å². The van der Waals surface area contributed by atoms with Crippen molar-refractivity contribution >= 4 is 22.2 Å². The Bertz CT molecular complexity index is 995. The second-order valence-corrected chi connectivity index (χ2v) is 7.12. The molecule has 2 heterocycles. The highest BCUT2D eigenvalue weighted by Gasteiger charge is 2.24. The van der Waals surface area contributed by atoms with E-state index in [0.717, 1.165) is 36.2 Å². The number of nitrogens with one attached hydrogen (secondary N) is 1. The molecule has 0 radical (unpaired) electrons.